The van der Waals surface area contributed by atoms with Gasteiger partial charge in [-0.15, -0.1) is 0 Å². The average molecular weight is 194 g/mol. The van der Waals surface area contributed by atoms with E-state index < -0.39 is 0 Å². The van der Waals surface area contributed by atoms with Gasteiger partial charge in [-0.1, -0.05) is 6.92 Å². The standard InChI is InChI=1S/C12H18O2/c1-8-4-10-3-2-9(8)5-12(10)6-11(13)14-7-12/h8-10H,2-7H2,1H3/t8-,9+,10?,12?/m1/s1. The molecule has 4 aliphatic rings. The van der Waals surface area contributed by atoms with Crippen LogP contribution in [0.4, 0.5) is 0 Å². The lowest BCUT2D eigenvalue weighted by Crippen LogP contribution is -2.45. The molecule has 2 heteroatoms. The maximum absolute atomic E-state index is 11.3. The van der Waals surface area contributed by atoms with E-state index in [1.54, 1.807) is 0 Å². The van der Waals surface area contributed by atoms with E-state index in [9.17, 15) is 4.79 Å². The van der Waals surface area contributed by atoms with Crippen molar-refractivity contribution in [2.24, 2.45) is 23.2 Å². The lowest BCUT2D eigenvalue weighted by Gasteiger charge is -2.51. The van der Waals surface area contributed by atoms with Crippen molar-refractivity contribution in [3.63, 3.8) is 0 Å². The average Bonchev–Trinajstić information content (AvgIpc) is 2.51. The van der Waals surface area contributed by atoms with Crippen molar-refractivity contribution in [2.45, 2.75) is 39.0 Å². The van der Waals surface area contributed by atoms with Crippen LogP contribution in [0.3, 0.4) is 0 Å². The van der Waals surface area contributed by atoms with Crippen LogP contribution in [0.25, 0.3) is 0 Å². The Morgan fingerprint density at radius 2 is 2.29 bits per heavy atom. The van der Waals surface area contributed by atoms with Gasteiger partial charge in [-0.3, -0.25) is 4.79 Å². The van der Waals surface area contributed by atoms with Crippen LogP contribution < -0.4 is 0 Å². The molecule has 4 atom stereocenters. The number of hydrogen-bond donors (Lipinski definition) is 0. The number of esters is 1. The van der Waals surface area contributed by atoms with Gasteiger partial charge < -0.3 is 4.74 Å². The lowest BCUT2D eigenvalue weighted by molar-refractivity contribution is -0.137. The van der Waals surface area contributed by atoms with Crippen LogP contribution >= 0.6 is 0 Å². The first-order valence-electron chi connectivity index (χ1n) is 5.85. The van der Waals surface area contributed by atoms with Crippen molar-refractivity contribution in [3.8, 4) is 0 Å². The van der Waals surface area contributed by atoms with Crippen molar-refractivity contribution < 1.29 is 9.53 Å². The molecule has 4 fully saturated rings. The molecule has 2 unspecified atom stereocenters. The van der Waals surface area contributed by atoms with Crippen LogP contribution in [0.5, 0.6) is 0 Å². The molecular weight excluding hydrogens is 176 g/mol. The smallest absolute Gasteiger partial charge is 0.306 e. The van der Waals surface area contributed by atoms with Gasteiger partial charge in [0.05, 0.1) is 13.0 Å². The SMILES string of the molecule is C[C@@H]1CC2CC[C@H]1CC21COC(=O)C1. The molecule has 78 valence electrons. The molecule has 14 heavy (non-hydrogen) atoms. The van der Waals surface area contributed by atoms with Crippen molar-refractivity contribution >= 4 is 5.97 Å². The summed E-state index contributed by atoms with van der Waals surface area (Å²) in [7, 11) is 0. The topological polar surface area (TPSA) is 26.3 Å². The fourth-order valence-electron chi connectivity index (χ4n) is 4.01. The Morgan fingerprint density at radius 3 is 2.79 bits per heavy atom. The van der Waals surface area contributed by atoms with E-state index in [0.29, 0.717) is 6.42 Å². The molecular formula is C12H18O2. The van der Waals surface area contributed by atoms with Gasteiger partial charge in [0.2, 0.25) is 0 Å². The van der Waals surface area contributed by atoms with E-state index in [-0.39, 0.29) is 11.4 Å². The molecule has 3 aliphatic carbocycles. The van der Waals surface area contributed by atoms with Crippen LogP contribution in [0.15, 0.2) is 0 Å². The molecule has 0 N–H and O–H groups in total. The van der Waals surface area contributed by atoms with E-state index >= 15 is 0 Å². The Kier molecular flexibility index (Phi) is 1.71. The Bertz CT molecular complexity index is 273. The second-order valence-corrected chi connectivity index (χ2v) is 5.65. The normalized spacial score (nSPS) is 51.2. The molecule has 1 aliphatic heterocycles. The molecule has 3 saturated carbocycles. The number of carbonyl (C=O) groups excluding carboxylic acids is 1. The van der Waals surface area contributed by atoms with Gasteiger partial charge in [-0.25, -0.2) is 0 Å². The summed E-state index contributed by atoms with van der Waals surface area (Å²) in [5.41, 5.74) is 0.270. The van der Waals surface area contributed by atoms with Crippen LogP contribution in [-0.4, -0.2) is 12.6 Å². The highest BCUT2D eigenvalue weighted by molar-refractivity contribution is 5.72. The second-order valence-electron chi connectivity index (χ2n) is 5.65. The zero-order valence-electron chi connectivity index (χ0n) is 8.79. The van der Waals surface area contributed by atoms with Gasteiger partial charge in [-0.05, 0) is 43.4 Å². The maximum atomic E-state index is 11.3. The van der Waals surface area contributed by atoms with E-state index in [1.807, 2.05) is 0 Å². The first-order chi connectivity index (χ1) is 6.70. The second kappa shape index (κ2) is 2.74. The number of hydrogen-bond acceptors (Lipinski definition) is 2. The third kappa shape index (κ3) is 1.06. The van der Waals surface area contributed by atoms with Gasteiger partial charge in [-0.2, -0.15) is 0 Å². The molecule has 0 aromatic rings. The van der Waals surface area contributed by atoms with Crippen LogP contribution in [0.1, 0.15) is 39.0 Å². The van der Waals surface area contributed by atoms with Crippen molar-refractivity contribution in [1.82, 2.24) is 0 Å². The molecule has 0 aromatic heterocycles. The number of ether oxygens (including phenoxy) is 1. The zero-order chi connectivity index (χ0) is 9.76. The highest BCUT2D eigenvalue weighted by Gasteiger charge is 2.54. The largest absolute Gasteiger partial charge is 0.465 e. The first-order valence-corrected chi connectivity index (χ1v) is 5.85. The van der Waals surface area contributed by atoms with Crippen LogP contribution in [0.2, 0.25) is 0 Å². The van der Waals surface area contributed by atoms with E-state index in [1.165, 1.54) is 25.7 Å². The number of cyclic esters (lactones) is 1. The summed E-state index contributed by atoms with van der Waals surface area (Å²) < 4.78 is 5.20. The van der Waals surface area contributed by atoms with Gasteiger partial charge in [0, 0.05) is 5.41 Å². The highest BCUT2D eigenvalue weighted by atomic mass is 16.5. The molecule has 4 rings (SSSR count). The van der Waals surface area contributed by atoms with Crippen molar-refractivity contribution in [3.05, 3.63) is 0 Å². The fourth-order valence-corrected chi connectivity index (χ4v) is 4.01. The van der Waals surface area contributed by atoms with E-state index in [0.717, 1.165) is 24.4 Å². The molecule has 1 heterocycles. The molecule has 1 saturated heterocycles. The molecule has 0 radical (unpaired) electrons. The van der Waals surface area contributed by atoms with Crippen LogP contribution in [0, 0.1) is 23.2 Å². The number of rotatable bonds is 0. The quantitative estimate of drug-likeness (QED) is 0.553. The van der Waals surface area contributed by atoms with Gasteiger partial charge in [0.25, 0.3) is 0 Å². The Balaban J connectivity index is 1.86. The van der Waals surface area contributed by atoms with E-state index in [2.05, 4.69) is 6.92 Å². The Hall–Kier alpha value is -0.530. The highest BCUT2D eigenvalue weighted by Crippen LogP contribution is 2.58. The maximum Gasteiger partial charge on any atom is 0.306 e. The molecule has 1 spiro atoms. The van der Waals surface area contributed by atoms with Crippen molar-refractivity contribution in [1.29, 1.82) is 0 Å². The molecule has 0 amide bonds. The Morgan fingerprint density at radius 1 is 1.43 bits per heavy atom. The van der Waals surface area contributed by atoms with Gasteiger partial charge in [0.1, 0.15) is 0 Å². The van der Waals surface area contributed by atoms with Crippen molar-refractivity contribution in [2.75, 3.05) is 6.61 Å². The molecule has 2 bridgehead atoms. The first kappa shape index (κ1) is 8.75. The molecule has 2 nitrogen and oxygen atoms in total. The summed E-state index contributed by atoms with van der Waals surface area (Å²) in [6, 6.07) is 0. The third-order valence-electron chi connectivity index (χ3n) is 4.90. The predicted molar refractivity (Wildman–Crippen MR) is 52.6 cm³/mol. The zero-order valence-corrected chi connectivity index (χ0v) is 8.79. The summed E-state index contributed by atoms with van der Waals surface area (Å²) in [6.45, 7) is 3.10. The summed E-state index contributed by atoms with van der Waals surface area (Å²) in [4.78, 5) is 11.3. The minimum Gasteiger partial charge on any atom is -0.465 e. The predicted octanol–water partition coefficient (Wildman–Crippen LogP) is 2.38. The van der Waals surface area contributed by atoms with Gasteiger partial charge >= 0.3 is 5.97 Å². The number of carbonyl (C=O) groups is 1. The monoisotopic (exact) mass is 194 g/mol. The lowest BCUT2D eigenvalue weighted by atomic mass is 9.52. The summed E-state index contributed by atoms with van der Waals surface area (Å²) in [5.74, 6) is 2.57. The summed E-state index contributed by atoms with van der Waals surface area (Å²) in [6.07, 6.45) is 6.03. The fraction of sp³-hybridized carbons (Fsp3) is 0.917. The van der Waals surface area contributed by atoms with Gasteiger partial charge in [0.15, 0.2) is 0 Å². The number of fused-ring (bicyclic) bond motifs is 2. The van der Waals surface area contributed by atoms with Crippen LogP contribution in [-0.2, 0) is 9.53 Å². The summed E-state index contributed by atoms with van der Waals surface area (Å²) in [5, 5.41) is 0. The minimum atomic E-state index is 0.0465. The third-order valence-corrected chi connectivity index (χ3v) is 4.90. The Labute approximate surface area is 85.0 Å². The minimum absolute atomic E-state index is 0.0465. The van der Waals surface area contributed by atoms with E-state index in [4.69, 9.17) is 4.74 Å². The summed E-state index contributed by atoms with van der Waals surface area (Å²) >= 11 is 0. The molecule has 0 aromatic carbocycles.